The van der Waals surface area contributed by atoms with Gasteiger partial charge in [0.15, 0.2) is 0 Å². The maximum atomic E-state index is 11.2. The first-order valence-electron chi connectivity index (χ1n) is 6.97. The van der Waals surface area contributed by atoms with Crippen LogP contribution in [0.15, 0.2) is 53.7 Å². The number of thioether (sulfide) groups is 1. The molecule has 1 aromatic heterocycles. The van der Waals surface area contributed by atoms with Gasteiger partial charge in [-0.1, -0.05) is 6.07 Å². The first kappa shape index (κ1) is 17.0. The number of anilines is 1. The highest BCUT2D eigenvalue weighted by molar-refractivity contribution is 7.99. The molecule has 1 unspecified atom stereocenters. The van der Waals surface area contributed by atoms with Crippen molar-refractivity contribution in [3.05, 3.63) is 54.4 Å². The van der Waals surface area contributed by atoms with Gasteiger partial charge in [0.1, 0.15) is 0 Å². The summed E-state index contributed by atoms with van der Waals surface area (Å²) in [5.41, 5.74) is 6.76. The van der Waals surface area contributed by atoms with Crippen molar-refractivity contribution in [1.29, 1.82) is 0 Å². The summed E-state index contributed by atoms with van der Waals surface area (Å²) in [5, 5.41) is 11.5. The van der Waals surface area contributed by atoms with Crippen LogP contribution < -0.4 is 11.1 Å². The Morgan fingerprint density at radius 3 is 2.57 bits per heavy atom. The summed E-state index contributed by atoms with van der Waals surface area (Å²) >= 11 is 1.45. The minimum absolute atomic E-state index is 0.00200. The quantitative estimate of drug-likeness (QED) is 0.672. The molecule has 1 aromatic carbocycles. The molecule has 0 saturated carbocycles. The highest BCUT2D eigenvalue weighted by Gasteiger charge is 2.17. The molecule has 0 fully saturated rings. The molecule has 1 amide bonds. The number of nitrogens with one attached hydrogen (secondary N) is 1. The Morgan fingerprint density at radius 1 is 1.26 bits per heavy atom. The van der Waals surface area contributed by atoms with E-state index in [-0.39, 0.29) is 24.1 Å². The number of aromatic nitrogens is 1. The second-order valence-corrected chi connectivity index (χ2v) is 6.04. The average Bonchev–Trinajstić information content (AvgIpc) is 2.56. The highest BCUT2D eigenvalue weighted by Crippen LogP contribution is 2.37. The number of carboxylic acids is 1. The van der Waals surface area contributed by atoms with Crippen LogP contribution in [0, 0.1) is 0 Å². The van der Waals surface area contributed by atoms with Gasteiger partial charge >= 0.3 is 5.97 Å². The Bertz CT molecular complexity index is 662. The maximum absolute atomic E-state index is 11.2. The van der Waals surface area contributed by atoms with Crippen molar-refractivity contribution in [2.24, 2.45) is 5.73 Å². The summed E-state index contributed by atoms with van der Waals surface area (Å²) in [7, 11) is 0. The lowest BCUT2D eigenvalue weighted by atomic mass is 10.1. The van der Waals surface area contributed by atoms with Crippen molar-refractivity contribution >= 4 is 29.3 Å². The van der Waals surface area contributed by atoms with Gasteiger partial charge in [-0.15, -0.1) is 11.8 Å². The van der Waals surface area contributed by atoms with Crippen molar-refractivity contribution < 1.29 is 14.7 Å². The van der Waals surface area contributed by atoms with Crippen molar-refractivity contribution in [3.63, 3.8) is 0 Å². The van der Waals surface area contributed by atoms with E-state index < -0.39 is 5.97 Å². The summed E-state index contributed by atoms with van der Waals surface area (Å²) < 4.78 is 0. The zero-order valence-electron chi connectivity index (χ0n) is 12.3. The van der Waals surface area contributed by atoms with Gasteiger partial charge in [-0.05, 0) is 35.9 Å². The molecule has 1 heterocycles. The zero-order valence-corrected chi connectivity index (χ0v) is 13.1. The maximum Gasteiger partial charge on any atom is 0.304 e. The Labute approximate surface area is 138 Å². The van der Waals surface area contributed by atoms with Crippen LogP contribution in [0.3, 0.4) is 0 Å². The minimum atomic E-state index is -0.863. The third-order valence-corrected chi connectivity index (χ3v) is 4.29. The number of carboxylic acid groups (broad SMARTS) is 1. The molecule has 0 radical (unpaired) electrons. The molecule has 23 heavy (non-hydrogen) atoms. The lowest BCUT2D eigenvalue weighted by molar-refractivity contribution is -0.137. The minimum Gasteiger partial charge on any atom is -0.481 e. The van der Waals surface area contributed by atoms with E-state index in [1.807, 2.05) is 18.2 Å². The fraction of sp³-hybridized carbons (Fsp3) is 0.188. The number of rotatable bonds is 7. The van der Waals surface area contributed by atoms with Crippen molar-refractivity contribution in [2.75, 3.05) is 11.9 Å². The van der Waals surface area contributed by atoms with Crippen LogP contribution in [-0.4, -0.2) is 28.5 Å². The van der Waals surface area contributed by atoms with Crippen molar-refractivity contribution in [2.45, 2.75) is 16.6 Å². The number of hydrogen-bond donors (Lipinski definition) is 3. The van der Waals surface area contributed by atoms with Crippen LogP contribution in [-0.2, 0) is 9.59 Å². The van der Waals surface area contributed by atoms with Crippen LogP contribution in [0.1, 0.15) is 17.2 Å². The molecule has 0 aliphatic rings. The van der Waals surface area contributed by atoms with Gasteiger partial charge in [0.05, 0.1) is 13.0 Å². The van der Waals surface area contributed by atoms with E-state index in [2.05, 4.69) is 10.3 Å². The summed E-state index contributed by atoms with van der Waals surface area (Å²) in [6, 6.07) is 10.8. The number of nitrogens with two attached hydrogens (primary N) is 1. The topological polar surface area (TPSA) is 105 Å². The van der Waals surface area contributed by atoms with Gasteiger partial charge in [-0.3, -0.25) is 14.6 Å². The molecular weight excluding hydrogens is 314 g/mol. The van der Waals surface area contributed by atoms with Gasteiger partial charge < -0.3 is 16.2 Å². The Morgan fingerprint density at radius 2 is 2.00 bits per heavy atom. The molecule has 120 valence electrons. The van der Waals surface area contributed by atoms with Crippen LogP contribution in [0.2, 0.25) is 0 Å². The molecule has 0 spiro atoms. The number of benzene rings is 1. The number of carbonyl (C=O) groups is 2. The molecule has 7 heteroatoms. The predicted octanol–water partition coefficient (Wildman–Crippen LogP) is 2.29. The smallest absolute Gasteiger partial charge is 0.304 e. The predicted molar refractivity (Wildman–Crippen MR) is 89.2 cm³/mol. The molecular formula is C16H17N3O3S. The van der Waals surface area contributed by atoms with Crippen molar-refractivity contribution in [1.82, 2.24) is 4.98 Å². The van der Waals surface area contributed by atoms with E-state index >= 15 is 0 Å². The highest BCUT2D eigenvalue weighted by atomic mass is 32.2. The Hall–Kier alpha value is -2.38. The van der Waals surface area contributed by atoms with Gasteiger partial charge in [0, 0.05) is 28.2 Å². The normalized spacial score (nSPS) is 11.7. The Kier molecular flexibility index (Phi) is 6.13. The fourth-order valence-electron chi connectivity index (χ4n) is 1.95. The van der Waals surface area contributed by atoms with E-state index in [1.54, 1.807) is 30.6 Å². The summed E-state index contributed by atoms with van der Waals surface area (Å²) in [6.45, 7) is -0.0712. The van der Waals surface area contributed by atoms with E-state index in [4.69, 9.17) is 10.8 Å². The third-order valence-electron chi connectivity index (χ3n) is 3.02. The molecule has 4 N–H and O–H groups in total. The molecule has 1 atom stereocenters. The number of aliphatic carboxylic acids is 1. The van der Waals surface area contributed by atoms with Crippen LogP contribution in [0.4, 0.5) is 5.69 Å². The summed E-state index contributed by atoms with van der Waals surface area (Å²) in [5.74, 6) is -1.12. The van der Waals surface area contributed by atoms with E-state index in [0.717, 1.165) is 10.5 Å². The SMILES string of the molecule is NCC(=O)Nc1ccc(SC(CC(=O)O)c2cccnc2)cc1. The third kappa shape index (κ3) is 5.39. The number of amides is 1. The fourth-order valence-corrected chi connectivity index (χ4v) is 3.07. The van der Waals surface area contributed by atoms with Crippen LogP contribution in [0.5, 0.6) is 0 Å². The van der Waals surface area contributed by atoms with Gasteiger partial charge in [0.25, 0.3) is 0 Å². The number of pyridine rings is 1. The van der Waals surface area contributed by atoms with Gasteiger partial charge in [-0.25, -0.2) is 0 Å². The number of nitrogens with zero attached hydrogens (tertiary/aromatic N) is 1. The molecule has 0 saturated heterocycles. The summed E-state index contributed by atoms with van der Waals surface area (Å²) in [6.07, 6.45) is 3.33. The second-order valence-electron chi connectivity index (χ2n) is 4.77. The summed E-state index contributed by atoms with van der Waals surface area (Å²) in [4.78, 5) is 27.3. The lowest BCUT2D eigenvalue weighted by Crippen LogP contribution is -2.21. The van der Waals surface area contributed by atoms with Crippen LogP contribution in [0.25, 0.3) is 0 Å². The standard InChI is InChI=1S/C16H17N3O3S/c17-9-15(20)19-12-3-5-13(6-4-12)23-14(8-16(21)22)11-2-1-7-18-10-11/h1-7,10,14H,8-9,17H2,(H,19,20)(H,21,22). The van der Waals surface area contributed by atoms with Gasteiger partial charge in [-0.2, -0.15) is 0 Å². The first-order valence-corrected chi connectivity index (χ1v) is 7.85. The van der Waals surface area contributed by atoms with Crippen molar-refractivity contribution in [3.8, 4) is 0 Å². The number of hydrogen-bond acceptors (Lipinski definition) is 5. The Balaban J connectivity index is 2.10. The zero-order chi connectivity index (χ0) is 16.7. The second kappa shape index (κ2) is 8.30. The van der Waals surface area contributed by atoms with Gasteiger partial charge in [0.2, 0.25) is 5.91 Å². The molecule has 2 aromatic rings. The van der Waals surface area contributed by atoms with Crippen LogP contribution >= 0.6 is 11.8 Å². The molecule has 2 rings (SSSR count). The van der Waals surface area contributed by atoms with E-state index in [0.29, 0.717) is 5.69 Å². The molecule has 0 bridgehead atoms. The molecule has 0 aliphatic carbocycles. The first-order chi connectivity index (χ1) is 11.1. The number of carbonyl (C=O) groups excluding carboxylic acids is 1. The van der Waals surface area contributed by atoms with E-state index in [1.165, 1.54) is 11.8 Å². The largest absolute Gasteiger partial charge is 0.481 e. The van der Waals surface area contributed by atoms with E-state index in [9.17, 15) is 9.59 Å². The lowest BCUT2D eigenvalue weighted by Gasteiger charge is -2.15. The molecule has 6 nitrogen and oxygen atoms in total. The average molecular weight is 331 g/mol. The monoisotopic (exact) mass is 331 g/mol. The molecule has 0 aliphatic heterocycles.